The van der Waals surface area contributed by atoms with Crippen LogP contribution in [0.1, 0.15) is 10.4 Å². The zero-order valence-electron chi connectivity index (χ0n) is 13.4. The number of benzene rings is 1. The van der Waals surface area contributed by atoms with Gasteiger partial charge in [-0.15, -0.1) is 0 Å². The van der Waals surface area contributed by atoms with Crippen LogP contribution in [-0.2, 0) is 0 Å². The number of nitrogens with one attached hydrogen (secondary N) is 2. The molecular weight excluding hydrogens is 311 g/mol. The minimum Gasteiger partial charge on any atom is -0.494 e. The van der Waals surface area contributed by atoms with Gasteiger partial charge in [-0.2, -0.15) is 0 Å². The highest BCUT2D eigenvalue weighted by Crippen LogP contribution is 2.20. The van der Waals surface area contributed by atoms with Crippen LogP contribution in [0.15, 0.2) is 36.5 Å². The molecule has 2 aromatic rings. The number of anilines is 2. The van der Waals surface area contributed by atoms with Crippen LogP contribution < -0.4 is 20.3 Å². The summed E-state index contributed by atoms with van der Waals surface area (Å²) in [7, 11) is 1.36. The molecule has 1 aromatic heterocycles. The van der Waals surface area contributed by atoms with Crippen LogP contribution >= 0.6 is 0 Å². The van der Waals surface area contributed by atoms with E-state index in [1.54, 1.807) is 12.3 Å². The Kier molecular flexibility index (Phi) is 4.90. The van der Waals surface area contributed by atoms with E-state index in [0.29, 0.717) is 11.4 Å². The Morgan fingerprint density at radius 1 is 1.29 bits per heavy atom. The largest absolute Gasteiger partial charge is 0.494 e. The molecule has 1 aliphatic rings. The van der Waals surface area contributed by atoms with Gasteiger partial charge in [-0.3, -0.25) is 4.79 Å². The monoisotopic (exact) mass is 330 g/mol. The second kappa shape index (κ2) is 7.27. The highest BCUT2D eigenvalue weighted by atomic mass is 19.1. The summed E-state index contributed by atoms with van der Waals surface area (Å²) in [6, 6.07) is 7.66. The molecular formula is C17H19FN4O2. The summed E-state index contributed by atoms with van der Waals surface area (Å²) in [4.78, 5) is 18.7. The first-order valence-corrected chi connectivity index (χ1v) is 7.74. The number of carbonyl (C=O) groups excluding carboxylic acids is 1. The minimum atomic E-state index is -0.507. The molecule has 24 heavy (non-hydrogen) atoms. The number of pyridine rings is 1. The second-order valence-electron chi connectivity index (χ2n) is 5.44. The zero-order chi connectivity index (χ0) is 16.9. The third kappa shape index (κ3) is 3.62. The molecule has 2 heterocycles. The maximum Gasteiger partial charge on any atom is 0.256 e. The Morgan fingerprint density at radius 3 is 2.75 bits per heavy atom. The van der Waals surface area contributed by atoms with E-state index in [1.807, 2.05) is 6.07 Å². The molecule has 1 aliphatic heterocycles. The van der Waals surface area contributed by atoms with Gasteiger partial charge in [0.25, 0.3) is 5.91 Å². The number of hydrogen-bond donors (Lipinski definition) is 2. The molecule has 0 atom stereocenters. The Hall–Kier alpha value is -2.67. The molecule has 0 aliphatic carbocycles. The summed E-state index contributed by atoms with van der Waals surface area (Å²) in [6.45, 7) is 3.77. The van der Waals surface area contributed by atoms with Gasteiger partial charge >= 0.3 is 0 Å². The molecule has 2 N–H and O–H groups in total. The van der Waals surface area contributed by atoms with Crippen molar-refractivity contribution in [2.24, 2.45) is 0 Å². The maximum atomic E-state index is 13.4. The number of methoxy groups -OCH3 is 1. The molecule has 7 heteroatoms. The van der Waals surface area contributed by atoms with Crippen LogP contribution in [0.4, 0.5) is 15.9 Å². The van der Waals surface area contributed by atoms with Gasteiger partial charge in [-0.05, 0) is 30.3 Å². The van der Waals surface area contributed by atoms with Crippen molar-refractivity contribution in [1.29, 1.82) is 0 Å². The summed E-state index contributed by atoms with van der Waals surface area (Å²) >= 11 is 0. The summed E-state index contributed by atoms with van der Waals surface area (Å²) in [6.07, 6.45) is 1.74. The first kappa shape index (κ1) is 16.2. The topological polar surface area (TPSA) is 66.5 Å². The fourth-order valence-corrected chi connectivity index (χ4v) is 2.56. The van der Waals surface area contributed by atoms with E-state index >= 15 is 0 Å². The number of ether oxygens (including phenoxy) is 1. The van der Waals surface area contributed by atoms with E-state index in [-0.39, 0.29) is 11.7 Å². The lowest BCUT2D eigenvalue weighted by molar-refractivity contribution is 0.102. The Balaban J connectivity index is 1.68. The number of amides is 1. The van der Waals surface area contributed by atoms with Crippen LogP contribution in [0.2, 0.25) is 0 Å². The number of aromatic nitrogens is 1. The normalized spacial score (nSPS) is 14.3. The molecule has 1 amide bonds. The lowest BCUT2D eigenvalue weighted by atomic mass is 10.2. The SMILES string of the molecule is COc1cc(C(=O)Nc2ccc(N3CCNCC3)cn2)ccc1F. The molecule has 1 fully saturated rings. The number of piperazine rings is 1. The van der Waals surface area contributed by atoms with Gasteiger partial charge in [0.15, 0.2) is 11.6 Å². The van der Waals surface area contributed by atoms with Crippen molar-refractivity contribution < 1.29 is 13.9 Å². The van der Waals surface area contributed by atoms with E-state index in [0.717, 1.165) is 31.9 Å². The highest BCUT2D eigenvalue weighted by Gasteiger charge is 2.13. The fourth-order valence-electron chi connectivity index (χ4n) is 2.56. The van der Waals surface area contributed by atoms with E-state index in [9.17, 15) is 9.18 Å². The van der Waals surface area contributed by atoms with Crippen molar-refractivity contribution in [2.45, 2.75) is 0 Å². The molecule has 126 valence electrons. The standard InChI is InChI=1S/C17H19FN4O2/c1-24-15-10-12(2-4-14(15)18)17(23)21-16-5-3-13(11-20-16)22-8-6-19-7-9-22/h2-5,10-11,19H,6-9H2,1H3,(H,20,21,23). The van der Waals surface area contributed by atoms with Gasteiger partial charge < -0.3 is 20.3 Å². The molecule has 0 bridgehead atoms. The Labute approximate surface area is 139 Å². The van der Waals surface area contributed by atoms with E-state index in [4.69, 9.17) is 4.74 Å². The van der Waals surface area contributed by atoms with Gasteiger partial charge in [0.2, 0.25) is 0 Å². The predicted octanol–water partition coefficient (Wildman–Crippen LogP) is 1.89. The first-order chi connectivity index (χ1) is 11.7. The molecule has 1 saturated heterocycles. The molecule has 0 saturated carbocycles. The molecule has 1 aromatic carbocycles. The van der Waals surface area contributed by atoms with Gasteiger partial charge in [-0.25, -0.2) is 9.37 Å². The molecule has 0 spiro atoms. The van der Waals surface area contributed by atoms with Crippen molar-refractivity contribution in [2.75, 3.05) is 43.5 Å². The quantitative estimate of drug-likeness (QED) is 0.896. The number of rotatable bonds is 4. The van der Waals surface area contributed by atoms with E-state index < -0.39 is 5.82 Å². The number of hydrogen-bond acceptors (Lipinski definition) is 5. The van der Waals surface area contributed by atoms with Gasteiger partial charge in [0.1, 0.15) is 5.82 Å². The van der Waals surface area contributed by atoms with Crippen molar-refractivity contribution in [3.8, 4) is 5.75 Å². The molecule has 0 radical (unpaired) electrons. The van der Waals surface area contributed by atoms with Crippen molar-refractivity contribution in [1.82, 2.24) is 10.3 Å². The summed E-state index contributed by atoms with van der Waals surface area (Å²) in [5, 5.41) is 6.00. The number of halogens is 1. The Morgan fingerprint density at radius 2 is 2.08 bits per heavy atom. The zero-order valence-corrected chi connectivity index (χ0v) is 13.4. The Bertz CT molecular complexity index is 715. The molecule has 3 rings (SSSR count). The summed E-state index contributed by atoms with van der Waals surface area (Å²) in [5.74, 6) is -0.393. The van der Waals surface area contributed by atoms with E-state index in [2.05, 4.69) is 20.5 Å². The minimum absolute atomic E-state index is 0.0321. The number of carbonyl (C=O) groups is 1. The van der Waals surface area contributed by atoms with Crippen LogP contribution in [0, 0.1) is 5.82 Å². The second-order valence-corrected chi connectivity index (χ2v) is 5.44. The van der Waals surface area contributed by atoms with Crippen LogP contribution in [0.3, 0.4) is 0 Å². The third-order valence-electron chi connectivity index (χ3n) is 3.88. The summed E-state index contributed by atoms with van der Waals surface area (Å²) < 4.78 is 18.3. The van der Waals surface area contributed by atoms with E-state index in [1.165, 1.54) is 25.3 Å². The van der Waals surface area contributed by atoms with Crippen LogP contribution in [0.5, 0.6) is 5.75 Å². The van der Waals surface area contributed by atoms with Gasteiger partial charge in [-0.1, -0.05) is 0 Å². The average molecular weight is 330 g/mol. The smallest absolute Gasteiger partial charge is 0.256 e. The van der Waals surface area contributed by atoms with Crippen LogP contribution in [0.25, 0.3) is 0 Å². The first-order valence-electron chi connectivity index (χ1n) is 7.74. The highest BCUT2D eigenvalue weighted by molar-refractivity contribution is 6.04. The molecule has 0 unspecified atom stereocenters. The fraction of sp³-hybridized carbons (Fsp3) is 0.294. The van der Waals surface area contributed by atoms with Crippen molar-refractivity contribution in [3.05, 3.63) is 47.9 Å². The predicted molar refractivity (Wildman–Crippen MR) is 90.2 cm³/mol. The lowest BCUT2D eigenvalue weighted by Gasteiger charge is -2.29. The van der Waals surface area contributed by atoms with Gasteiger partial charge in [0.05, 0.1) is 19.0 Å². The number of nitrogens with zero attached hydrogens (tertiary/aromatic N) is 2. The molecule has 6 nitrogen and oxygen atoms in total. The maximum absolute atomic E-state index is 13.4. The van der Waals surface area contributed by atoms with Crippen LogP contribution in [-0.4, -0.2) is 44.2 Å². The third-order valence-corrected chi connectivity index (χ3v) is 3.88. The van der Waals surface area contributed by atoms with Crippen molar-refractivity contribution in [3.63, 3.8) is 0 Å². The summed E-state index contributed by atoms with van der Waals surface area (Å²) in [5.41, 5.74) is 1.33. The lowest BCUT2D eigenvalue weighted by Crippen LogP contribution is -2.43. The van der Waals surface area contributed by atoms with Gasteiger partial charge in [0, 0.05) is 31.7 Å². The average Bonchev–Trinajstić information content (AvgIpc) is 2.63. The van der Waals surface area contributed by atoms with Crippen molar-refractivity contribution >= 4 is 17.4 Å².